The van der Waals surface area contributed by atoms with Crippen LogP contribution in [-0.2, 0) is 9.63 Å². The molecule has 0 aliphatic rings. The number of nitro groups is 1. The molecular weight excluding hydrogens is 310 g/mol. The molecule has 0 saturated heterocycles. The fourth-order valence-electron chi connectivity index (χ4n) is 1.50. The van der Waals surface area contributed by atoms with Gasteiger partial charge in [0.05, 0.1) is 4.92 Å². The molecule has 23 heavy (non-hydrogen) atoms. The lowest BCUT2D eigenvalue weighted by molar-refractivity contribution is -0.383. The van der Waals surface area contributed by atoms with E-state index < -0.39 is 17.4 Å². The zero-order chi connectivity index (χ0) is 16.8. The summed E-state index contributed by atoms with van der Waals surface area (Å²) in [4.78, 5) is 26.6. The van der Waals surface area contributed by atoms with E-state index >= 15 is 0 Å². The number of nitro benzene ring substituents is 1. The number of hydrogen-bond acceptors (Lipinski definition) is 9. The van der Waals surface area contributed by atoms with Gasteiger partial charge in [-0.15, -0.1) is 0 Å². The number of amides is 1. The first-order valence-electron chi connectivity index (χ1n) is 6.06. The number of para-hydroxylation sites is 2. The highest BCUT2D eigenvalue weighted by atomic mass is 16.6. The van der Waals surface area contributed by atoms with E-state index in [2.05, 4.69) is 25.4 Å². The van der Waals surface area contributed by atoms with Crippen LogP contribution < -0.4 is 16.8 Å². The van der Waals surface area contributed by atoms with Crippen LogP contribution in [0.15, 0.2) is 34.1 Å². The summed E-state index contributed by atoms with van der Waals surface area (Å²) < 4.78 is 4.32. The van der Waals surface area contributed by atoms with Crippen LogP contribution in [0.25, 0.3) is 0 Å². The summed E-state index contributed by atoms with van der Waals surface area (Å²) in [6.45, 7) is -0.530. The molecule has 2 aromatic rings. The Bertz CT molecular complexity index is 757. The number of nitrogens with one attached hydrogen (secondary N) is 1. The van der Waals surface area contributed by atoms with Gasteiger partial charge in [-0.25, -0.2) is 4.63 Å². The molecule has 0 saturated carbocycles. The molecule has 0 radical (unpaired) electrons. The third kappa shape index (κ3) is 3.90. The van der Waals surface area contributed by atoms with Crippen molar-refractivity contribution in [2.24, 2.45) is 10.9 Å². The van der Waals surface area contributed by atoms with Crippen LogP contribution in [0.4, 0.5) is 17.2 Å². The lowest BCUT2D eigenvalue weighted by Crippen LogP contribution is -2.20. The van der Waals surface area contributed by atoms with Crippen LogP contribution in [-0.4, -0.2) is 33.6 Å². The van der Waals surface area contributed by atoms with Crippen LogP contribution in [0.3, 0.4) is 0 Å². The van der Waals surface area contributed by atoms with E-state index in [1.165, 1.54) is 18.2 Å². The second-order valence-corrected chi connectivity index (χ2v) is 4.07. The minimum Gasteiger partial charge on any atom is -0.384 e. The minimum atomic E-state index is -0.665. The van der Waals surface area contributed by atoms with Crippen molar-refractivity contribution in [3.8, 4) is 0 Å². The van der Waals surface area contributed by atoms with Crippen LogP contribution in [0, 0.1) is 10.1 Å². The summed E-state index contributed by atoms with van der Waals surface area (Å²) in [5.41, 5.74) is 10.7. The van der Waals surface area contributed by atoms with E-state index in [1.54, 1.807) is 6.07 Å². The highest BCUT2D eigenvalue weighted by molar-refractivity contribution is 5.99. The summed E-state index contributed by atoms with van der Waals surface area (Å²) in [6, 6.07) is 5.66. The number of benzene rings is 1. The van der Waals surface area contributed by atoms with Gasteiger partial charge in [0.1, 0.15) is 5.69 Å². The van der Waals surface area contributed by atoms with Gasteiger partial charge in [0, 0.05) is 6.07 Å². The second-order valence-electron chi connectivity index (χ2n) is 4.07. The Morgan fingerprint density at radius 3 is 2.83 bits per heavy atom. The number of nitrogens with two attached hydrogens (primary N) is 2. The van der Waals surface area contributed by atoms with Crippen molar-refractivity contribution in [3.63, 3.8) is 0 Å². The van der Waals surface area contributed by atoms with Gasteiger partial charge in [-0.1, -0.05) is 17.3 Å². The normalized spacial score (nSPS) is 11.0. The van der Waals surface area contributed by atoms with Gasteiger partial charge in [0.2, 0.25) is 0 Å². The molecule has 0 unspecified atom stereocenters. The van der Waals surface area contributed by atoms with Crippen LogP contribution in [0.2, 0.25) is 0 Å². The van der Waals surface area contributed by atoms with Crippen molar-refractivity contribution >= 4 is 28.9 Å². The lowest BCUT2D eigenvalue weighted by atomic mass is 10.2. The van der Waals surface area contributed by atoms with Crippen LogP contribution in [0.1, 0.15) is 5.69 Å². The van der Waals surface area contributed by atoms with Crippen molar-refractivity contribution < 1.29 is 19.2 Å². The number of rotatable bonds is 6. The van der Waals surface area contributed by atoms with Crippen LogP contribution >= 0.6 is 0 Å². The number of carbonyl (C=O) groups is 1. The Kier molecular flexibility index (Phi) is 4.66. The average molecular weight is 321 g/mol. The number of amidine groups is 1. The van der Waals surface area contributed by atoms with Gasteiger partial charge in [-0.3, -0.25) is 14.9 Å². The van der Waals surface area contributed by atoms with E-state index in [0.717, 1.165) is 0 Å². The number of oxime groups is 1. The minimum absolute atomic E-state index is 0.0240. The molecule has 0 aliphatic heterocycles. The second kappa shape index (κ2) is 6.84. The molecule has 2 rings (SSSR count). The van der Waals surface area contributed by atoms with Crippen molar-refractivity contribution in [3.05, 3.63) is 40.1 Å². The molecule has 1 aromatic heterocycles. The van der Waals surface area contributed by atoms with E-state index in [0.29, 0.717) is 0 Å². The SMILES string of the molecule is N/C(=N\OCC(=O)Nc1ccccc1[N+](=O)[O-])c1nonc1N. The summed E-state index contributed by atoms with van der Waals surface area (Å²) in [5, 5.41) is 23.3. The van der Waals surface area contributed by atoms with E-state index in [4.69, 9.17) is 16.3 Å². The molecule has 120 valence electrons. The molecule has 1 heterocycles. The van der Waals surface area contributed by atoms with Crippen molar-refractivity contribution in [2.75, 3.05) is 17.7 Å². The highest BCUT2D eigenvalue weighted by Crippen LogP contribution is 2.22. The van der Waals surface area contributed by atoms with E-state index in [9.17, 15) is 14.9 Å². The summed E-state index contributed by atoms with van der Waals surface area (Å²) >= 11 is 0. The summed E-state index contributed by atoms with van der Waals surface area (Å²) in [7, 11) is 0. The number of hydrogen-bond donors (Lipinski definition) is 3. The molecular formula is C11H11N7O5. The first-order valence-corrected chi connectivity index (χ1v) is 6.06. The topological polar surface area (TPSA) is 185 Å². The molecule has 0 fully saturated rings. The molecule has 0 aliphatic carbocycles. The van der Waals surface area contributed by atoms with Gasteiger partial charge in [0.25, 0.3) is 11.6 Å². The van der Waals surface area contributed by atoms with Crippen molar-refractivity contribution in [1.82, 2.24) is 10.3 Å². The highest BCUT2D eigenvalue weighted by Gasteiger charge is 2.15. The quantitative estimate of drug-likeness (QED) is 0.281. The Morgan fingerprint density at radius 2 is 2.17 bits per heavy atom. The van der Waals surface area contributed by atoms with E-state index in [-0.39, 0.29) is 28.7 Å². The van der Waals surface area contributed by atoms with Gasteiger partial charge in [-0.2, -0.15) is 0 Å². The number of nitrogens with zero attached hydrogens (tertiary/aromatic N) is 4. The molecule has 12 nitrogen and oxygen atoms in total. The lowest BCUT2D eigenvalue weighted by Gasteiger charge is -2.05. The Morgan fingerprint density at radius 1 is 1.43 bits per heavy atom. The number of nitrogen functional groups attached to an aromatic ring is 1. The van der Waals surface area contributed by atoms with Gasteiger partial charge in [0.15, 0.2) is 24.0 Å². The molecule has 12 heteroatoms. The monoisotopic (exact) mass is 321 g/mol. The molecule has 1 aromatic carbocycles. The maximum absolute atomic E-state index is 11.7. The molecule has 0 bridgehead atoms. The zero-order valence-corrected chi connectivity index (χ0v) is 11.5. The van der Waals surface area contributed by atoms with Gasteiger partial charge < -0.3 is 21.6 Å². The molecule has 0 spiro atoms. The number of carbonyl (C=O) groups excluding carboxylic acids is 1. The fourth-order valence-corrected chi connectivity index (χ4v) is 1.50. The molecule has 5 N–H and O–H groups in total. The Balaban J connectivity index is 1.94. The smallest absolute Gasteiger partial charge is 0.292 e. The summed E-state index contributed by atoms with van der Waals surface area (Å²) in [5.74, 6) is -0.983. The molecule has 1 amide bonds. The number of aromatic nitrogens is 2. The third-order valence-electron chi connectivity index (χ3n) is 2.49. The standard InChI is InChI=1S/C11H11N7O5/c12-10(9-11(13)17-23-15-9)16-22-5-8(19)14-6-3-1-2-4-7(6)18(20)21/h1-4H,5H2,(H2,12,16)(H2,13,17)(H,14,19). The predicted octanol–water partition coefficient (Wildman–Crippen LogP) is -0.164. The van der Waals surface area contributed by atoms with E-state index in [1.807, 2.05) is 0 Å². The van der Waals surface area contributed by atoms with Crippen molar-refractivity contribution in [1.29, 1.82) is 0 Å². The maximum Gasteiger partial charge on any atom is 0.292 e. The summed E-state index contributed by atoms with van der Waals surface area (Å²) in [6.07, 6.45) is 0. The first kappa shape index (κ1) is 15.7. The fraction of sp³-hybridized carbons (Fsp3) is 0.0909. The number of anilines is 2. The first-order chi connectivity index (χ1) is 11.0. The Hall–Kier alpha value is -3.70. The average Bonchev–Trinajstić information content (AvgIpc) is 2.93. The van der Waals surface area contributed by atoms with Gasteiger partial charge >= 0.3 is 0 Å². The largest absolute Gasteiger partial charge is 0.384 e. The van der Waals surface area contributed by atoms with Crippen LogP contribution in [0.5, 0.6) is 0 Å². The van der Waals surface area contributed by atoms with Crippen molar-refractivity contribution in [2.45, 2.75) is 0 Å². The third-order valence-corrected chi connectivity index (χ3v) is 2.49. The maximum atomic E-state index is 11.7. The Labute approximate surface area is 128 Å². The predicted molar refractivity (Wildman–Crippen MR) is 77.1 cm³/mol. The molecule has 0 atom stereocenters. The van der Waals surface area contributed by atoms with Gasteiger partial charge in [-0.05, 0) is 16.4 Å². The zero-order valence-electron chi connectivity index (χ0n) is 11.5.